The fourth-order valence-corrected chi connectivity index (χ4v) is 1.33. The van der Waals surface area contributed by atoms with E-state index in [1.807, 2.05) is 13.0 Å². The van der Waals surface area contributed by atoms with Crippen LogP contribution < -0.4 is 17.2 Å². The largest absolute Gasteiger partial charge is 0.397 e. The van der Waals surface area contributed by atoms with Crippen LogP contribution >= 0.6 is 0 Å². The minimum Gasteiger partial charge on any atom is -0.397 e. The Morgan fingerprint density at radius 2 is 1.86 bits per heavy atom. The maximum Gasteiger partial charge on any atom is 0.0704 e. The molecule has 7 N–H and O–H groups in total. The molecule has 0 bridgehead atoms. The second-order valence-corrected chi connectivity index (χ2v) is 3.61. The van der Waals surface area contributed by atoms with Gasteiger partial charge in [-0.15, -0.1) is 0 Å². The van der Waals surface area contributed by atoms with E-state index in [-0.39, 0.29) is 0 Å². The second-order valence-electron chi connectivity index (χ2n) is 3.61. The Labute approximate surface area is 83.7 Å². The molecule has 78 valence electrons. The van der Waals surface area contributed by atoms with E-state index in [0.717, 1.165) is 11.1 Å². The highest BCUT2D eigenvalue weighted by molar-refractivity contribution is 5.68. The number of hydrogen-bond acceptors (Lipinski definition) is 4. The maximum atomic E-state index is 9.33. The zero-order chi connectivity index (χ0) is 10.9. The van der Waals surface area contributed by atoms with E-state index in [1.54, 1.807) is 13.0 Å². The van der Waals surface area contributed by atoms with Crippen molar-refractivity contribution in [2.24, 2.45) is 5.73 Å². The lowest BCUT2D eigenvalue weighted by Crippen LogP contribution is -2.23. The van der Waals surface area contributed by atoms with E-state index in [4.69, 9.17) is 17.2 Å². The number of anilines is 2. The number of aliphatic hydroxyl groups excluding tert-OH is 1. The lowest BCUT2D eigenvalue weighted by Gasteiger charge is -2.17. The average molecular weight is 195 g/mol. The topological polar surface area (TPSA) is 98.3 Å². The van der Waals surface area contributed by atoms with Crippen LogP contribution in [0.5, 0.6) is 0 Å². The zero-order valence-electron chi connectivity index (χ0n) is 8.49. The molecule has 0 aromatic heterocycles. The lowest BCUT2D eigenvalue weighted by molar-refractivity contribution is 0.164. The van der Waals surface area contributed by atoms with Gasteiger partial charge in [-0.3, -0.25) is 0 Å². The van der Waals surface area contributed by atoms with Crippen LogP contribution in [0.3, 0.4) is 0 Å². The van der Waals surface area contributed by atoms with Gasteiger partial charge in [-0.1, -0.05) is 6.07 Å². The summed E-state index contributed by atoms with van der Waals surface area (Å²) >= 11 is 0. The van der Waals surface area contributed by atoms with Crippen molar-refractivity contribution in [2.75, 3.05) is 11.5 Å². The van der Waals surface area contributed by atoms with Gasteiger partial charge in [-0.2, -0.15) is 0 Å². The first kappa shape index (κ1) is 10.8. The van der Waals surface area contributed by atoms with E-state index in [9.17, 15) is 5.11 Å². The van der Waals surface area contributed by atoms with Crippen molar-refractivity contribution in [3.8, 4) is 0 Å². The van der Waals surface area contributed by atoms with Gasteiger partial charge < -0.3 is 22.3 Å². The van der Waals surface area contributed by atoms with Gasteiger partial charge in [0.15, 0.2) is 0 Å². The first-order chi connectivity index (χ1) is 6.43. The van der Waals surface area contributed by atoms with E-state index in [0.29, 0.717) is 11.4 Å². The van der Waals surface area contributed by atoms with Crippen molar-refractivity contribution in [1.29, 1.82) is 0 Å². The molecule has 0 aliphatic rings. The van der Waals surface area contributed by atoms with Crippen LogP contribution in [0.25, 0.3) is 0 Å². The summed E-state index contributed by atoms with van der Waals surface area (Å²) in [6.07, 6.45) is -0.600. The molecule has 1 rings (SSSR count). The van der Waals surface area contributed by atoms with E-state index >= 15 is 0 Å². The number of hydrogen-bond donors (Lipinski definition) is 4. The molecule has 0 spiro atoms. The van der Waals surface area contributed by atoms with Gasteiger partial charge in [0.25, 0.3) is 0 Å². The highest BCUT2D eigenvalue weighted by atomic mass is 16.3. The molecule has 0 fully saturated rings. The van der Waals surface area contributed by atoms with Crippen molar-refractivity contribution in [3.05, 3.63) is 23.3 Å². The van der Waals surface area contributed by atoms with Gasteiger partial charge in [0.2, 0.25) is 0 Å². The van der Waals surface area contributed by atoms with Crippen LogP contribution in [0.1, 0.15) is 24.1 Å². The minimum absolute atomic E-state index is 0.420. The molecule has 0 amide bonds. The summed E-state index contributed by atoms with van der Waals surface area (Å²) in [4.78, 5) is 0. The molecule has 0 heterocycles. The van der Waals surface area contributed by atoms with Gasteiger partial charge >= 0.3 is 0 Å². The molecule has 1 aromatic carbocycles. The van der Waals surface area contributed by atoms with Crippen LogP contribution in [-0.4, -0.2) is 11.2 Å². The van der Waals surface area contributed by atoms with Crippen molar-refractivity contribution >= 4 is 11.4 Å². The minimum atomic E-state index is -0.600. The highest BCUT2D eigenvalue weighted by Crippen LogP contribution is 2.25. The van der Waals surface area contributed by atoms with E-state index in [2.05, 4.69) is 0 Å². The van der Waals surface area contributed by atoms with Crippen molar-refractivity contribution in [3.63, 3.8) is 0 Å². The molecule has 2 unspecified atom stereocenters. The van der Waals surface area contributed by atoms with Crippen LogP contribution in [0.15, 0.2) is 12.1 Å². The third kappa shape index (κ3) is 1.97. The van der Waals surface area contributed by atoms with Gasteiger partial charge in [-0.05, 0) is 31.0 Å². The van der Waals surface area contributed by atoms with Crippen molar-refractivity contribution < 1.29 is 5.11 Å². The van der Waals surface area contributed by atoms with Crippen molar-refractivity contribution in [2.45, 2.75) is 26.0 Å². The van der Waals surface area contributed by atoms with Crippen molar-refractivity contribution in [1.82, 2.24) is 0 Å². The molecule has 4 nitrogen and oxygen atoms in total. The standard InChI is InChI=1S/C10H17N3O/c1-5-3-7(10(13)6(2)14)4-8(11)9(5)12/h3-4,6,10,14H,11-13H2,1-2H3. The first-order valence-electron chi connectivity index (χ1n) is 4.52. The predicted molar refractivity (Wildman–Crippen MR) is 58.6 cm³/mol. The van der Waals surface area contributed by atoms with Gasteiger partial charge in [0, 0.05) is 0 Å². The Hall–Kier alpha value is -1.26. The molecular formula is C10H17N3O. The lowest BCUT2D eigenvalue weighted by atomic mass is 9.99. The van der Waals surface area contributed by atoms with Crippen LogP contribution in [0.2, 0.25) is 0 Å². The van der Waals surface area contributed by atoms with Crippen LogP contribution in [-0.2, 0) is 0 Å². The Balaban J connectivity index is 3.12. The van der Waals surface area contributed by atoms with Gasteiger partial charge in [0.1, 0.15) is 0 Å². The van der Waals surface area contributed by atoms with Crippen LogP contribution in [0.4, 0.5) is 11.4 Å². The summed E-state index contributed by atoms with van der Waals surface area (Å²) in [6, 6.07) is 3.14. The zero-order valence-corrected chi connectivity index (χ0v) is 8.49. The molecule has 4 heteroatoms. The molecule has 0 aliphatic heterocycles. The molecule has 0 radical (unpaired) electrons. The molecule has 0 aliphatic carbocycles. The molecule has 0 saturated carbocycles. The van der Waals surface area contributed by atoms with E-state index in [1.165, 1.54) is 0 Å². The Bertz CT molecular complexity index is 313. The molecule has 0 saturated heterocycles. The summed E-state index contributed by atoms with van der Waals surface area (Å²) in [5.41, 5.74) is 20.0. The summed E-state index contributed by atoms with van der Waals surface area (Å²) < 4.78 is 0. The third-order valence-corrected chi connectivity index (χ3v) is 2.35. The fraction of sp³-hybridized carbons (Fsp3) is 0.400. The molecule has 14 heavy (non-hydrogen) atoms. The maximum absolute atomic E-state index is 9.33. The smallest absolute Gasteiger partial charge is 0.0704 e. The summed E-state index contributed by atoms with van der Waals surface area (Å²) in [5.74, 6) is 0. The summed E-state index contributed by atoms with van der Waals surface area (Å²) in [5, 5.41) is 9.33. The monoisotopic (exact) mass is 195 g/mol. The summed E-state index contributed by atoms with van der Waals surface area (Å²) in [7, 11) is 0. The molecule has 2 atom stereocenters. The second kappa shape index (κ2) is 3.86. The number of nitrogens with two attached hydrogens (primary N) is 3. The van der Waals surface area contributed by atoms with Crippen LogP contribution in [0, 0.1) is 6.92 Å². The molecule has 1 aromatic rings. The van der Waals surface area contributed by atoms with Gasteiger partial charge in [0.05, 0.1) is 23.5 Å². The van der Waals surface area contributed by atoms with Gasteiger partial charge in [-0.25, -0.2) is 0 Å². The Morgan fingerprint density at radius 1 is 1.29 bits per heavy atom. The fourth-order valence-electron chi connectivity index (χ4n) is 1.33. The first-order valence-corrected chi connectivity index (χ1v) is 4.52. The average Bonchev–Trinajstić information content (AvgIpc) is 2.12. The normalized spacial score (nSPS) is 15.1. The quantitative estimate of drug-likeness (QED) is 0.518. The Kier molecular flexibility index (Phi) is 2.98. The number of aryl methyl sites for hydroxylation is 1. The number of nitrogen functional groups attached to an aromatic ring is 2. The SMILES string of the molecule is Cc1cc(C(N)C(C)O)cc(N)c1N. The number of aliphatic hydroxyl groups is 1. The van der Waals surface area contributed by atoms with E-state index < -0.39 is 12.1 Å². The summed E-state index contributed by atoms with van der Waals surface area (Å²) in [6.45, 7) is 3.51. The Morgan fingerprint density at radius 3 is 2.29 bits per heavy atom. The third-order valence-electron chi connectivity index (χ3n) is 2.35. The highest BCUT2D eigenvalue weighted by Gasteiger charge is 2.13. The number of benzene rings is 1. The number of rotatable bonds is 2. The predicted octanol–water partition coefficient (Wildman–Crippen LogP) is 0.540. The molecular weight excluding hydrogens is 178 g/mol.